The summed E-state index contributed by atoms with van der Waals surface area (Å²) in [6.07, 6.45) is 11.8. The quantitative estimate of drug-likeness (QED) is 0.619. The molecule has 4 nitrogen and oxygen atoms in total. The first kappa shape index (κ1) is 19.7. The highest BCUT2D eigenvalue weighted by Gasteiger charge is 2.29. The van der Waals surface area contributed by atoms with E-state index in [1.165, 1.54) is 48.6 Å². The number of carbonyl (C=O) groups is 1. The number of aromatic nitrogens is 2. The van der Waals surface area contributed by atoms with Gasteiger partial charge in [-0.15, -0.1) is 0 Å². The maximum Gasteiger partial charge on any atom is 0.220 e. The van der Waals surface area contributed by atoms with E-state index in [2.05, 4.69) is 52.4 Å². The van der Waals surface area contributed by atoms with E-state index < -0.39 is 0 Å². The standard InChI is InChI=1S/C25H31N3O/c1-28-18-23(21-12-5-6-13-24(21)28)22(19-9-3-2-4-10-19)17-25(29)27-16-14-20-11-7-8-15-26-20/h5-8,11-13,15,18-19,22H,2-4,9-10,14,16-17H2,1H3,(H,27,29)/t22-/m0/s1. The Morgan fingerprint density at radius 3 is 2.72 bits per heavy atom. The number of rotatable bonds is 7. The number of benzene rings is 1. The molecule has 0 unspecified atom stereocenters. The van der Waals surface area contributed by atoms with Crippen LogP contribution < -0.4 is 5.32 Å². The maximum atomic E-state index is 12.9. The zero-order valence-electron chi connectivity index (χ0n) is 17.3. The fraction of sp³-hybridized carbons (Fsp3) is 0.440. The molecule has 3 aromatic rings. The summed E-state index contributed by atoms with van der Waals surface area (Å²) < 4.78 is 2.21. The minimum Gasteiger partial charge on any atom is -0.356 e. The average molecular weight is 390 g/mol. The number of hydrogen-bond acceptors (Lipinski definition) is 2. The molecule has 1 amide bonds. The monoisotopic (exact) mass is 389 g/mol. The molecule has 0 saturated heterocycles. The van der Waals surface area contributed by atoms with Gasteiger partial charge in [-0.1, -0.05) is 43.5 Å². The molecule has 0 radical (unpaired) electrons. The SMILES string of the molecule is Cn1cc([C@@H](CC(=O)NCCc2ccccn2)C2CCCCC2)c2ccccc21. The van der Waals surface area contributed by atoms with E-state index in [1.807, 2.05) is 18.2 Å². The summed E-state index contributed by atoms with van der Waals surface area (Å²) in [5.41, 5.74) is 3.61. The number of nitrogens with zero attached hydrogens (tertiary/aromatic N) is 2. The third-order valence-corrected chi connectivity index (χ3v) is 6.38. The molecule has 1 N–H and O–H groups in total. The van der Waals surface area contributed by atoms with Crippen molar-refractivity contribution in [3.05, 3.63) is 66.1 Å². The number of amides is 1. The van der Waals surface area contributed by atoms with Crippen LogP contribution >= 0.6 is 0 Å². The van der Waals surface area contributed by atoms with E-state index in [1.54, 1.807) is 6.20 Å². The predicted octanol–water partition coefficient (Wildman–Crippen LogP) is 4.99. The van der Waals surface area contributed by atoms with Crippen molar-refractivity contribution < 1.29 is 4.79 Å². The van der Waals surface area contributed by atoms with Crippen molar-refractivity contribution in [3.63, 3.8) is 0 Å². The van der Waals surface area contributed by atoms with Gasteiger partial charge in [0.25, 0.3) is 0 Å². The fourth-order valence-electron chi connectivity index (χ4n) is 4.88. The van der Waals surface area contributed by atoms with Crippen LogP contribution in [0.15, 0.2) is 54.9 Å². The molecule has 1 fully saturated rings. The lowest BCUT2D eigenvalue weighted by Crippen LogP contribution is -2.29. The first-order valence-corrected chi connectivity index (χ1v) is 10.9. The van der Waals surface area contributed by atoms with E-state index in [9.17, 15) is 4.79 Å². The second kappa shape index (κ2) is 9.25. The van der Waals surface area contributed by atoms with Gasteiger partial charge in [-0.25, -0.2) is 0 Å². The van der Waals surface area contributed by atoms with Crippen molar-refractivity contribution in [2.45, 2.75) is 50.9 Å². The highest BCUT2D eigenvalue weighted by Crippen LogP contribution is 2.41. The summed E-state index contributed by atoms with van der Waals surface area (Å²) in [6.45, 7) is 0.642. The number of carbonyl (C=O) groups excluding carboxylic acids is 1. The van der Waals surface area contributed by atoms with Gasteiger partial charge >= 0.3 is 0 Å². The normalized spacial score (nSPS) is 16.0. The summed E-state index contributed by atoms with van der Waals surface area (Å²) in [7, 11) is 2.11. The number of pyridine rings is 1. The zero-order valence-corrected chi connectivity index (χ0v) is 17.3. The summed E-state index contributed by atoms with van der Waals surface area (Å²) in [5.74, 6) is 1.04. The third-order valence-electron chi connectivity index (χ3n) is 6.38. The van der Waals surface area contributed by atoms with Crippen molar-refractivity contribution in [3.8, 4) is 0 Å². The van der Waals surface area contributed by atoms with Crippen LogP contribution in [0.3, 0.4) is 0 Å². The van der Waals surface area contributed by atoms with Gasteiger partial charge < -0.3 is 9.88 Å². The van der Waals surface area contributed by atoms with Gasteiger partial charge in [0.15, 0.2) is 0 Å². The van der Waals surface area contributed by atoms with Gasteiger partial charge in [0.2, 0.25) is 5.91 Å². The molecule has 4 rings (SSSR count). The molecule has 1 aliphatic rings. The Morgan fingerprint density at radius 2 is 1.93 bits per heavy atom. The number of para-hydroxylation sites is 1. The van der Waals surface area contributed by atoms with E-state index in [-0.39, 0.29) is 11.8 Å². The van der Waals surface area contributed by atoms with Crippen LogP contribution in [-0.2, 0) is 18.3 Å². The van der Waals surface area contributed by atoms with Crippen LogP contribution in [0.4, 0.5) is 0 Å². The molecule has 0 bridgehead atoms. The first-order valence-electron chi connectivity index (χ1n) is 10.9. The van der Waals surface area contributed by atoms with Gasteiger partial charge in [-0.3, -0.25) is 9.78 Å². The summed E-state index contributed by atoms with van der Waals surface area (Å²) >= 11 is 0. The lowest BCUT2D eigenvalue weighted by Gasteiger charge is -2.30. The van der Waals surface area contributed by atoms with Crippen LogP contribution in [0.1, 0.15) is 55.7 Å². The Balaban J connectivity index is 1.49. The minimum absolute atomic E-state index is 0.157. The molecule has 1 saturated carbocycles. The summed E-state index contributed by atoms with van der Waals surface area (Å²) in [4.78, 5) is 17.2. The lowest BCUT2D eigenvalue weighted by molar-refractivity contribution is -0.121. The maximum absolute atomic E-state index is 12.9. The molecule has 1 atom stereocenters. The largest absolute Gasteiger partial charge is 0.356 e. The average Bonchev–Trinajstić information content (AvgIpc) is 3.10. The Kier molecular flexibility index (Phi) is 6.28. The molecule has 1 aromatic carbocycles. The van der Waals surface area contributed by atoms with Crippen LogP contribution in [0.2, 0.25) is 0 Å². The molecule has 4 heteroatoms. The molecule has 2 heterocycles. The van der Waals surface area contributed by atoms with Gasteiger partial charge in [-0.2, -0.15) is 0 Å². The summed E-state index contributed by atoms with van der Waals surface area (Å²) in [6, 6.07) is 14.5. The van der Waals surface area contributed by atoms with Gasteiger partial charge in [0.1, 0.15) is 0 Å². The number of aryl methyl sites for hydroxylation is 1. The van der Waals surface area contributed by atoms with Crippen LogP contribution in [-0.4, -0.2) is 22.0 Å². The first-order chi connectivity index (χ1) is 14.2. The van der Waals surface area contributed by atoms with Crippen molar-refractivity contribution in [2.24, 2.45) is 13.0 Å². The molecule has 1 aliphatic carbocycles. The van der Waals surface area contributed by atoms with Gasteiger partial charge in [0, 0.05) is 55.4 Å². The Morgan fingerprint density at radius 1 is 1.14 bits per heavy atom. The van der Waals surface area contributed by atoms with Crippen LogP contribution in [0.5, 0.6) is 0 Å². The van der Waals surface area contributed by atoms with E-state index >= 15 is 0 Å². The third kappa shape index (κ3) is 4.69. The Bertz CT molecular complexity index is 941. The lowest BCUT2D eigenvalue weighted by atomic mass is 9.75. The Labute approximate surface area is 173 Å². The molecule has 29 heavy (non-hydrogen) atoms. The smallest absolute Gasteiger partial charge is 0.220 e. The fourth-order valence-corrected chi connectivity index (χ4v) is 4.88. The van der Waals surface area contributed by atoms with Gasteiger partial charge in [-0.05, 0) is 48.4 Å². The van der Waals surface area contributed by atoms with E-state index in [0.717, 1.165) is 12.1 Å². The second-order valence-electron chi connectivity index (χ2n) is 8.34. The number of hydrogen-bond donors (Lipinski definition) is 1. The van der Waals surface area contributed by atoms with Gasteiger partial charge in [0.05, 0.1) is 0 Å². The van der Waals surface area contributed by atoms with Crippen LogP contribution in [0, 0.1) is 5.92 Å². The molecular formula is C25H31N3O. The molecule has 152 valence electrons. The predicted molar refractivity (Wildman–Crippen MR) is 118 cm³/mol. The molecular weight excluding hydrogens is 358 g/mol. The van der Waals surface area contributed by atoms with Crippen molar-refractivity contribution in [1.29, 1.82) is 0 Å². The topological polar surface area (TPSA) is 46.9 Å². The van der Waals surface area contributed by atoms with Crippen molar-refractivity contribution in [1.82, 2.24) is 14.9 Å². The highest BCUT2D eigenvalue weighted by atomic mass is 16.1. The van der Waals surface area contributed by atoms with Crippen LogP contribution in [0.25, 0.3) is 10.9 Å². The number of fused-ring (bicyclic) bond motifs is 1. The highest BCUT2D eigenvalue weighted by molar-refractivity contribution is 5.86. The van der Waals surface area contributed by atoms with E-state index in [4.69, 9.17) is 0 Å². The second-order valence-corrected chi connectivity index (χ2v) is 8.34. The molecule has 0 spiro atoms. The molecule has 2 aromatic heterocycles. The molecule has 0 aliphatic heterocycles. The zero-order chi connectivity index (χ0) is 20.1. The Hall–Kier alpha value is -2.62. The minimum atomic E-state index is 0.157. The van der Waals surface area contributed by atoms with Crippen molar-refractivity contribution >= 4 is 16.8 Å². The number of nitrogens with one attached hydrogen (secondary N) is 1. The van der Waals surface area contributed by atoms with E-state index in [0.29, 0.717) is 18.9 Å². The summed E-state index contributed by atoms with van der Waals surface area (Å²) in [5, 5.41) is 4.44. The van der Waals surface area contributed by atoms with Crippen molar-refractivity contribution in [2.75, 3.05) is 6.54 Å².